The fourth-order valence-electron chi connectivity index (χ4n) is 4.31. The van der Waals surface area contributed by atoms with Gasteiger partial charge < -0.3 is 5.32 Å². The Morgan fingerprint density at radius 2 is 1.93 bits per heavy atom. The van der Waals surface area contributed by atoms with Crippen molar-refractivity contribution in [1.82, 2.24) is 10.3 Å². The van der Waals surface area contributed by atoms with E-state index in [4.69, 9.17) is 0 Å². The van der Waals surface area contributed by atoms with Crippen molar-refractivity contribution in [2.45, 2.75) is 57.9 Å². The predicted octanol–water partition coefficient (Wildman–Crippen LogP) is 5.59. The summed E-state index contributed by atoms with van der Waals surface area (Å²) >= 11 is 1.85. The summed E-state index contributed by atoms with van der Waals surface area (Å²) in [6, 6.07) is 12.2. The number of amides is 1. The topological polar surface area (TPSA) is 42.0 Å². The highest BCUT2D eigenvalue weighted by Crippen LogP contribution is 2.34. The highest BCUT2D eigenvalue weighted by atomic mass is 32.1. The van der Waals surface area contributed by atoms with Gasteiger partial charge in [0.15, 0.2) is 0 Å². The molecule has 3 nitrogen and oxygen atoms in total. The highest BCUT2D eigenvalue weighted by molar-refractivity contribution is 7.12. The van der Waals surface area contributed by atoms with Gasteiger partial charge in [-0.15, -0.1) is 11.3 Å². The molecule has 0 bridgehead atoms. The summed E-state index contributed by atoms with van der Waals surface area (Å²) in [4.78, 5) is 20.3. The van der Waals surface area contributed by atoms with Crippen molar-refractivity contribution in [3.8, 4) is 0 Å². The maximum atomic E-state index is 13.1. The number of aryl methyl sites for hydroxylation is 2. The van der Waals surface area contributed by atoms with Crippen LogP contribution in [0, 0.1) is 13.8 Å². The van der Waals surface area contributed by atoms with Crippen molar-refractivity contribution in [3.05, 3.63) is 63.5 Å². The van der Waals surface area contributed by atoms with E-state index in [0.717, 1.165) is 30.2 Å². The van der Waals surface area contributed by atoms with Crippen molar-refractivity contribution < 1.29 is 4.79 Å². The number of carbonyl (C=O) groups is 1. The van der Waals surface area contributed by atoms with Gasteiger partial charge in [0, 0.05) is 26.9 Å². The van der Waals surface area contributed by atoms with Gasteiger partial charge in [-0.3, -0.25) is 9.78 Å². The Labute approximate surface area is 164 Å². The Balaban J connectivity index is 1.60. The maximum absolute atomic E-state index is 13.1. The largest absolute Gasteiger partial charge is 0.346 e. The first-order valence-corrected chi connectivity index (χ1v) is 10.6. The van der Waals surface area contributed by atoms with E-state index in [9.17, 15) is 4.79 Å². The molecule has 1 amide bonds. The normalized spacial score (nSPS) is 16.4. The first kappa shape index (κ1) is 18.2. The second-order valence-electron chi connectivity index (χ2n) is 7.83. The summed E-state index contributed by atoms with van der Waals surface area (Å²) in [6.07, 6.45) is 8.35. The van der Waals surface area contributed by atoms with Crippen LogP contribution < -0.4 is 5.32 Å². The lowest BCUT2D eigenvalue weighted by Gasteiger charge is -2.38. The van der Waals surface area contributed by atoms with Crippen LogP contribution >= 0.6 is 11.3 Å². The number of nitrogens with one attached hydrogen (secondary N) is 1. The molecule has 1 aliphatic carbocycles. The van der Waals surface area contributed by atoms with Crippen LogP contribution in [-0.4, -0.2) is 16.4 Å². The van der Waals surface area contributed by atoms with E-state index in [0.29, 0.717) is 5.56 Å². The third-order valence-corrected chi connectivity index (χ3v) is 6.72. The Morgan fingerprint density at radius 3 is 2.67 bits per heavy atom. The molecule has 3 aromatic rings. The van der Waals surface area contributed by atoms with E-state index in [1.165, 1.54) is 34.6 Å². The van der Waals surface area contributed by atoms with Crippen LogP contribution in [0.5, 0.6) is 0 Å². The van der Waals surface area contributed by atoms with Gasteiger partial charge in [0.1, 0.15) is 0 Å². The van der Waals surface area contributed by atoms with Gasteiger partial charge in [-0.1, -0.05) is 37.5 Å². The van der Waals surface area contributed by atoms with Crippen LogP contribution in [0.15, 0.2) is 42.6 Å². The van der Waals surface area contributed by atoms with E-state index in [-0.39, 0.29) is 11.4 Å². The maximum Gasteiger partial charge on any atom is 0.253 e. The quantitative estimate of drug-likeness (QED) is 0.643. The van der Waals surface area contributed by atoms with Crippen molar-refractivity contribution >= 4 is 28.1 Å². The molecule has 2 aromatic heterocycles. The molecule has 1 N–H and O–H groups in total. The fourth-order valence-corrected chi connectivity index (χ4v) is 5.25. The number of nitrogens with zero attached hydrogens (tertiary/aromatic N) is 1. The molecule has 0 atom stereocenters. The number of para-hydroxylation sites is 1. The number of thiophene rings is 1. The van der Waals surface area contributed by atoms with Crippen LogP contribution in [-0.2, 0) is 6.42 Å². The molecule has 1 aromatic carbocycles. The number of hydrogen-bond acceptors (Lipinski definition) is 3. The van der Waals surface area contributed by atoms with Crippen molar-refractivity contribution in [2.75, 3.05) is 0 Å². The number of carbonyl (C=O) groups excluding carboxylic acids is 1. The molecule has 0 radical (unpaired) electrons. The molecule has 0 aliphatic heterocycles. The van der Waals surface area contributed by atoms with Crippen molar-refractivity contribution in [3.63, 3.8) is 0 Å². The molecule has 27 heavy (non-hydrogen) atoms. The highest BCUT2D eigenvalue weighted by Gasteiger charge is 2.34. The molecule has 0 saturated heterocycles. The molecule has 4 heteroatoms. The van der Waals surface area contributed by atoms with Gasteiger partial charge in [-0.25, -0.2) is 0 Å². The molecular formula is C23H26N2OS. The Bertz CT molecular complexity index is 969. The molecule has 2 heterocycles. The van der Waals surface area contributed by atoms with Gasteiger partial charge in [-0.05, 0) is 56.9 Å². The average molecular weight is 379 g/mol. The van der Waals surface area contributed by atoms with E-state index < -0.39 is 0 Å². The number of rotatable bonds is 4. The van der Waals surface area contributed by atoms with E-state index in [2.05, 4.69) is 30.2 Å². The van der Waals surface area contributed by atoms with Crippen molar-refractivity contribution in [2.24, 2.45) is 0 Å². The monoisotopic (exact) mass is 378 g/mol. The standard InChI is InChI=1S/C23H26N2OS/c1-16-12-19(17(2)27-16)14-23(10-6-3-7-11-23)25-22(26)20-13-18-8-4-5-9-21(18)24-15-20/h4-5,8-9,12-13,15H,3,6-7,10-11,14H2,1-2H3,(H,25,26). The molecule has 0 spiro atoms. The Hall–Kier alpha value is -2.20. The number of hydrogen-bond donors (Lipinski definition) is 1. The minimum absolute atomic E-state index is 0.000224. The lowest BCUT2D eigenvalue weighted by molar-refractivity contribution is 0.0868. The number of benzene rings is 1. The molecule has 4 rings (SSSR count). The molecular weight excluding hydrogens is 352 g/mol. The zero-order valence-corrected chi connectivity index (χ0v) is 16.9. The lowest BCUT2D eigenvalue weighted by Crippen LogP contribution is -2.51. The first-order valence-electron chi connectivity index (χ1n) is 9.78. The second-order valence-corrected chi connectivity index (χ2v) is 9.29. The van der Waals surface area contributed by atoms with Gasteiger partial charge in [-0.2, -0.15) is 0 Å². The summed E-state index contributed by atoms with van der Waals surface area (Å²) in [5, 5.41) is 4.43. The first-order chi connectivity index (χ1) is 13.0. The van der Waals surface area contributed by atoms with E-state index in [1.54, 1.807) is 6.20 Å². The van der Waals surface area contributed by atoms with Gasteiger partial charge >= 0.3 is 0 Å². The molecule has 1 saturated carbocycles. The summed E-state index contributed by atoms with van der Waals surface area (Å²) < 4.78 is 0. The third-order valence-electron chi connectivity index (χ3n) is 5.71. The summed E-state index contributed by atoms with van der Waals surface area (Å²) in [7, 11) is 0. The van der Waals surface area contributed by atoms with E-state index >= 15 is 0 Å². The fraction of sp³-hybridized carbons (Fsp3) is 0.391. The summed E-state index contributed by atoms with van der Waals surface area (Å²) in [5.74, 6) is -0.000224. The number of aromatic nitrogens is 1. The summed E-state index contributed by atoms with van der Waals surface area (Å²) in [6.45, 7) is 4.35. The van der Waals surface area contributed by atoms with Crippen LogP contribution in [0.3, 0.4) is 0 Å². The Morgan fingerprint density at radius 1 is 1.15 bits per heavy atom. The minimum Gasteiger partial charge on any atom is -0.346 e. The summed E-state index contributed by atoms with van der Waals surface area (Å²) in [5.41, 5.74) is 2.82. The SMILES string of the molecule is Cc1cc(CC2(NC(=O)c3cnc4ccccc4c3)CCCCC2)c(C)s1. The smallest absolute Gasteiger partial charge is 0.253 e. The zero-order chi connectivity index (χ0) is 18.9. The minimum atomic E-state index is -0.140. The number of fused-ring (bicyclic) bond motifs is 1. The van der Waals surface area contributed by atoms with Crippen LogP contribution in [0.2, 0.25) is 0 Å². The van der Waals surface area contributed by atoms with Gasteiger partial charge in [0.05, 0.1) is 11.1 Å². The Kier molecular flexibility index (Phi) is 5.00. The molecule has 1 fully saturated rings. The van der Waals surface area contributed by atoms with Gasteiger partial charge in [0.2, 0.25) is 0 Å². The van der Waals surface area contributed by atoms with Crippen molar-refractivity contribution in [1.29, 1.82) is 0 Å². The predicted molar refractivity (Wildman–Crippen MR) is 113 cm³/mol. The van der Waals surface area contributed by atoms with Crippen LogP contribution in [0.25, 0.3) is 10.9 Å². The van der Waals surface area contributed by atoms with Gasteiger partial charge in [0.25, 0.3) is 5.91 Å². The molecule has 1 aliphatic rings. The third kappa shape index (κ3) is 3.91. The van der Waals surface area contributed by atoms with Crippen LogP contribution in [0.4, 0.5) is 0 Å². The molecule has 0 unspecified atom stereocenters. The zero-order valence-electron chi connectivity index (χ0n) is 16.0. The average Bonchev–Trinajstić information content (AvgIpc) is 2.98. The molecule has 140 valence electrons. The van der Waals surface area contributed by atoms with E-state index in [1.807, 2.05) is 41.7 Å². The van der Waals surface area contributed by atoms with Crippen LogP contribution in [0.1, 0.15) is 57.8 Å². The lowest BCUT2D eigenvalue weighted by atomic mass is 9.77. The second kappa shape index (κ2) is 7.43. The number of pyridine rings is 1.